The molecule has 0 aliphatic carbocycles. The van der Waals surface area contributed by atoms with Crippen LogP contribution in [0.15, 0.2) is 18.2 Å². The standard InChI is InChI=1S/C15H22FIN2O2/c1-11-8-12(5-6-14(11)16)10-18-7-3-2-4-13(9-17)15(20)19-21/h5-6,8,13,18,21H,2-4,7,9-10H2,1H3,(H,19,20)/t13-/m0/s1. The quantitative estimate of drug-likeness (QED) is 0.194. The Balaban J connectivity index is 2.17. The largest absolute Gasteiger partial charge is 0.313 e. The molecule has 0 spiro atoms. The minimum atomic E-state index is -0.306. The van der Waals surface area contributed by atoms with E-state index in [0.717, 1.165) is 31.4 Å². The molecule has 3 N–H and O–H groups in total. The fourth-order valence-electron chi connectivity index (χ4n) is 2.06. The summed E-state index contributed by atoms with van der Waals surface area (Å²) in [5.74, 6) is -0.611. The van der Waals surface area contributed by atoms with Crippen LogP contribution in [0.25, 0.3) is 0 Å². The number of rotatable bonds is 9. The second-order valence-corrected chi connectivity index (χ2v) is 5.96. The van der Waals surface area contributed by atoms with Crippen LogP contribution in [0.3, 0.4) is 0 Å². The molecule has 0 aliphatic rings. The molecule has 0 heterocycles. The number of hydrogen-bond donors (Lipinski definition) is 3. The van der Waals surface area contributed by atoms with E-state index < -0.39 is 0 Å². The predicted octanol–water partition coefficient (Wildman–Crippen LogP) is 2.95. The molecule has 0 saturated heterocycles. The van der Waals surface area contributed by atoms with Crippen molar-refractivity contribution >= 4 is 28.5 Å². The van der Waals surface area contributed by atoms with E-state index >= 15 is 0 Å². The van der Waals surface area contributed by atoms with Crippen molar-refractivity contribution in [1.82, 2.24) is 10.8 Å². The Morgan fingerprint density at radius 2 is 2.19 bits per heavy atom. The third-order valence-corrected chi connectivity index (χ3v) is 4.44. The molecule has 21 heavy (non-hydrogen) atoms. The molecule has 1 aromatic rings. The van der Waals surface area contributed by atoms with E-state index in [-0.39, 0.29) is 17.6 Å². The maximum absolute atomic E-state index is 13.1. The maximum atomic E-state index is 13.1. The number of unbranched alkanes of at least 4 members (excludes halogenated alkanes) is 1. The molecule has 0 saturated carbocycles. The zero-order chi connectivity index (χ0) is 15.7. The van der Waals surface area contributed by atoms with Crippen LogP contribution in [0.5, 0.6) is 0 Å². The van der Waals surface area contributed by atoms with Crippen molar-refractivity contribution in [3.63, 3.8) is 0 Å². The lowest BCUT2D eigenvalue weighted by atomic mass is 10.0. The Hall–Kier alpha value is -0.730. The second kappa shape index (κ2) is 10.1. The summed E-state index contributed by atoms with van der Waals surface area (Å²) >= 11 is 2.15. The van der Waals surface area contributed by atoms with Crippen molar-refractivity contribution < 1.29 is 14.4 Å². The van der Waals surface area contributed by atoms with Crippen molar-refractivity contribution in [3.8, 4) is 0 Å². The molecule has 1 aromatic carbocycles. The Morgan fingerprint density at radius 3 is 2.81 bits per heavy atom. The zero-order valence-electron chi connectivity index (χ0n) is 12.2. The van der Waals surface area contributed by atoms with E-state index in [1.165, 1.54) is 6.07 Å². The molecule has 0 unspecified atom stereocenters. The number of carbonyl (C=O) groups excluding carboxylic acids is 1. The van der Waals surface area contributed by atoms with Gasteiger partial charge in [0.2, 0.25) is 5.91 Å². The minimum Gasteiger partial charge on any atom is -0.313 e. The molecule has 0 radical (unpaired) electrons. The first-order chi connectivity index (χ1) is 10.1. The first-order valence-corrected chi connectivity index (χ1v) is 8.56. The third-order valence-electron chi connectivity index (χ3n) is 3.37. The summed E-state index contributed by atoms with van der Waals surface area (Å²) in [5.41, 5.74) is 3.44. The van der Waals surface area contributed by atoms with Crippen LogP contribution in [-0.2, 0) is 11.3 Å². The topological polar surface area (TPSA) is 61.4 Å². The molecule has 0 bridgehead atoms. The molecule has 0 fully saturated rings. The van der Waals surface area contributed by atoms with Crippen molar-refractivity contribution in [2.45, 2.75) is 32.7 Å². The number of aryl methyl sites for hydroxylation is 1. The van der Waals surface area contributed by atoms with Gasteiger partial charge in [0, 0.05) is 16.9 Å². The van der Waals surface area contributed by atoms with Crippen LogP contribution in [0.1, 0.15) is 30.4 Å². The highest BCUT2D eigenvalue weighted by atomic mass is 127. The van der Waals surface area contributed by atoms with Crippen LogP contribution in [-0.4, -0.2) is 22.1 Å². The van der Waals surface area contributed by atoms with Crippen molar-refractivity contribution in [1.29, 1.82) is 0 Å². The van der Waals surface area contributed by atoms with Gasteiger partial charge < -0.3 is 5.32 Å². The summed E-state index contributed by atoms with van der Waals surface area (Å²) in [7, 11) is 0. The van der Waals surface area contributed by atoms with Crippen LogP contribution >= 0.6 is 22.6 Å². The number of hydroxylamine groups is 1. The van der Waals surface area contributed by atoms with Gasteiger partial charge in [0.1, 0.15) is 5.82 Å². The lowest BCUT2D eigenvalue weighted by molar-refractivity contribution is -0.132. The van der Waals surface area contributed by atoms with E-state index in [2.05, 4.69) is 27.9 Å². The molecule has 0 aliphatic heterocycles. The number of benzene rings is 1. The highest BCUT2D eigenvalue weighted by molar-refractivity contribution is 14.1. The normalized spacial score (nSPS) is 12.2. The van der Waals surface area contributed by atoms with Gasteiger partial charge in [0.05, 0.1) is 0 Å². The SMILES string of the molecule is Cc1cc(CNCCCC[C@@H](CI)C(=O)NO)ccc1F. The monoisotopic (exact) mass is 408 g/mol. The van der Waals surface area contributed by atoms with Crippen LogP contribution in [0, 0.1) is 18.7 Å². The van der Waals surface area contributed by atoms with Gasteiger partial charge >= 0.3 is 0 Å². The lowest BCUT2D eigenvalue weighted by Crippen LogP contribution is -2.29. The summed E-state index contributed by atoms with van der Waals surface area (Å²) in [6.45, 7) is 3.33. The molecule has 6 heteroatoms. The molecule has 1 amide bonds. The smallest absolute Gasteiger partial charge is 0.247 e. The van der Waals surface area contributed by atoms with Crippen LogP contribution in [0.4, 0.5) is 4.39 Å². The summed E-state index contributed by atoms with van der Waals surface area (Å²) in [5, 5.41) is 11.9. The molecular formula is C15H22FIN2O2. The first kappa shape index (κ1) is 18.3. The summed E-state index contributed by atoms with van der Waals surface area (Å²) in [6.07, 6.45) is 2.66. The minimum absolute atomic E-state index is 0.129. The Labute approximate surface area is 138 Å². The molecule has 0 aromatic heterocycles. The van der Waals surface area contributed by atoms with E-state index in [1.807, 2.05) is 6.07 Å². The highest BCUT2D eigenvalue weighted by Crippen LogP contribution is 2.12. The summed E-state index contributed by atoms with van der Waals surface area (Å²) in [6, 6.07) is 5.12. The average molecular weight is 408 g/mol. The number of hydrogen-bond acceptors (Lipinski definition) is 3. The molecular weight excluding hydrogens is 386 g/mol. The fourth-order valence-corrected chi connectivity index (χ4v) is 2.90. The second-order valence-electron chi connectivity index (χ2n) is 5.08. The van der Waals surface area contributed by atoms with Gasteiger partial charge in [-0.25, -0.2) is 9.87 Å². The number of halogens is 2. The van der Waals surface area contributed by atoms with Gasteiger partial charge in [0.15, 0.2) is 0 Å². The number of carbonyl (C=O) groups is 1. The molecule has 1 rings (SSSR count). The van der Waals surface area contributed by atoms with Gasteiger partial charge in [-0.15, -0.1) is 0 Å². The van der Waals surface area contributed by atoms with Crippen molar-refractivity contribution in [2.24, 2.45) is 5.92 Å². The van der Waals surface area contributed by atoms with Crippen LogP contribution < -0.4 is 10.8 Å². The van der Waals surface area contributed by atoms with Gasteiger partial charge in [0.25, 0.3) is 0 Å². The zero-order valence-corrected chi connectivity index (χ0v) is 14.3. The fraction of sp³-hybridized carbons (Fsp3) is 0.533. The highest BCUT2D eigenvalue weighted by Gasteiger charge is 2.15. The van der Waals surface area contributed by atoms with E-state index in [0.29, 0.717) is 16.5 Å². The maximum Gasteiger partial charge on any atom is 0.247 e. The summed E-state index contributed by atoms with van der Waals surface area (Å²) < 4.78 is 13.8. The predicted molar refractivity (Wildman–Crippen MR) is 89.0 cm³/mol. The van der Waals surface area contributed by atoms with E-state index in [1.54, 1.807) is 18.5 Å². The summed E-state index contributed by atoms with van der Waals surface area (Å²) in [4.78, 5) is 11.3. The molecule has 118 valence electrons. The van der Waals surface area contributed by atoms with Gasteiger partial charge in [-0.2, -0.15) is 0 Å². The number of amides is 1. The van der Waals surface area contributed by atoms with Crippen LogP contribution in [0.2, 0.25) is 0 Å². The van der Waals surface area contributed by atoms with E-state index in [4.69, 9.17) is 5.21 Å². The number of alkyl halides is 1. The average Bonchev–Trinajstić information content (AvgIpc) is 2.49. The van der Waals surface area contributed by atoms with Crippen molar-refractivity contribution in [3.05, 3.63) is 35.1 Å². The van der Waals surface area contributed by atoms with Crippen molar-refractivity contribution in [2.75, 3.05) is 11.0 Å². The first-order valence-electron chi connectivity index (χ1n) is 7.04. The Bertz CT molecular complexity index is 457. The molecule has 1 atom stereocenters. The van der Waals surface area contributed by atoms with Gasteiger partial charge in [-0.05, 0) is 43.5 Å². The Morgan fingerprint density at radius 1 is 1.43 bits per heavy atom. The van der Waals surface area contributed by atoms with Gasteiger partial charge in [-0.1, -0.05) is 41.1 Å². The number of nitrogens with one attached hydrogen (secondary N) is 2. The van der Waals surface area contributed by atoms with E-state index in [9.17, 15) is 9.18 Å². The Kier molecular flexibility index (Phi) is 8.79. The third kappa shape index (κ3) is 6.71. The lowest BCUT2D eigenvalue weighted by Gasteiger charge is -2.11. The molecule has 4 nitrogen and oxygen atoms in total. The van der Waals surface area contributed by atoms with Gasteiger partial charge in [-0.3, -0.25) is 10.0 Å².